The van der Waals surface area contributed by atoms with Gasteiger partial charge in [0.25, 0.3) is 5.92 Å². The van der Waals surface area contributed by atoms with Gasteiger partial charge in [-0.1, -0.05) is 12.1 Å². The van der Waals surface area contributed by atoms with Crippen molar-refractivity contribution in [2.24, 2.45) is 0 Å². The topological polar surface area (TPSA) is 74.5 Å². The molecule has 2 saturated heterocycles. The predicted octanol–water partition coefficient (Wildman–Crippen LogP) is 0.834. The van der Waals surface area contributed by atoms with Crippen LogP contribution in [0.25, 0.3) is 0 Å². The molecule has 0 aromatic carbocycles. The van der Waals surface area contributed by atoms with E-state index in [1.54, 1.807) is 4.90 Å². The summed E-state index contributed by atoms with van der Waals surface area (Å²) in [6.07, 6.45) is 0.307. The van der Waals surface area contributed by atoms with Gasteiger partial charge in [0.1, 0.15) is 0 Å². The second kappa shape index (κ2) is 6.72. The van der Waals surface area contributed by atoms with Crippen LogP contribution in [0.15, 0.2) is 4.52 Å². The first kappa shape index (κ1) is 17.2. The van der Waals surface area contributed by atoms with Gasteiger partial charge in [-0.05, 0) is 6.92 Å². The van der Waals surface area contributed by atoms with Crippen LogP contribution < -0.4 is 5.32 Å². The number of hydrogen-bond acceptors (Lipinski definition) is 6. The first-order valence-electron chi connectivity index (χ1n) is 8.36. The highest BCUT2D eigenvalue weighted by Gasteiger charge is 2.44. The number of alkyl halides is 2. The van der Waals surface area contributed by atoms with Crippen LogP contribution in [-0.4, -0.2) is 70.5 Å². The van der Waals surface area contributed by atoms with Crippen LogP contribution >= 0.6 is 0 Å². The average Bonchev–Trinajstić information content (AvgIpc) is 3.20. The number of piperazine rings is 1. The van der Waals surface area contributed by atoms with E-state index in [0.717, 1.165) is 6.42 Å². The first-order chi connectivity index (χ1) is 11.4. The number of nitrogens with zero attached hydrogens (tertiary/aromatic N) is 4. The molecule has 3 rings (SSSR count). The van der Waals surface area contributed by atoms with Gasteiger partial charge in [0.2, 0.25) is 11.8 Å². The van der Waals surface area contributed by atoms with Gasteiger partial charge in [0, 0.05) is 39.0 Å². The fraction of sp³-hybridized carbons (Fsp3) is 0.800. The van der Waals surface area contributed by atoms with E-state index in [0.29, 0.717) is 37.9 Å². The summed E-state index contributed by atoms with van der Waals surface area (Å²) in [5.74, 6) is -1.76. The van der Waals surface area contributed by atoms with Gasteiger partial charge < -0.3 is 9.42 Å². The summed E-state index contributed by atoms with van der Waals surface area (Å²) in [4.78, 5) is 20.5. The van der Waals surface area contributed by atoms with E-state index in [1.807, 2.05) is 13.8 Å². The lowest BCUT2D eigenvalue weighted by Gasteiger charge is -2.37. The fourth-order valence-corrected chi connectivity index (χ4v) is 3.18. The highest BCUT2D eigenvalue weighted by molar-refractivity contribution is 5.82. The van der Waals surface area contributed by atoms with Crippen LogP contribution in [0, 0.1) is 0 Å². The Kier molecular flexibility index (Phi) is 4.82. The molecule has 1 aromatic heterocycles. The normalized spacial score (nSPS) is 25.8. The molecule has 0 radical (unpaired) electrons. The molecule has 7 nitrogen and oxygen atoms in total. The van der Waals surface area contributed by atoms with Gasteiger partial charge in [0.05, 0.1) is 18.6 Å². The van der Waals surface area contributed by atoms with E-state index >= 15 is 0 Å². The summed E-state index contributed by atoms with van der Waals surface area (Å²) < 4.78 is 31.8. The lowest BCUT2D eigenvalue weighted by Crippen LogP contribution is -2.53. The first-order valence-corrected chi connectivity index (χ1v) is 8.36. The number of halogens is 2. The van der Waals surface area contributed by atoms with Crippen LogP contribution in [0.4, 0.5) is 8.78 Å². The maximum Gasteiger partial charge on any atom is 0.262 e. The van der Waals surface area contributed by atoms with E-state index in [4.69, 9.17) is 4.52 Å². The number of nitrogens with one attached hydrogen (secondary N) is 1. The molecule has 3 heterocycles. The SMILES string of the molecule is CCc1noc(C(C)N2CCN(C(=O)C3CC(F)(F)CN3)CC2)n1. The molecular weight excluding hydrogens is 320 g/mol. The molecule has 1 amide bonds. The van der Waals surface area contributed by atoms with Crippen molar-refractivity contribution in [2.45, 2.75) is 44.7 Å². The van der Waals surface area contributed by atoms with Crippen molar-refractivity contribution in [3.63, 3.8) is 0 Å². The van der Waals surface area contributed by atoms with E-state index in [1.165, 1.54) is 0 Å². The highest BCUT2D eigenvalue weighted by Crippen LogP contribution is 2.27. The molecule has 2 aliphatic heterocycles. The minimum absolute atomic E-state index is 0.0241. The lowest BCUT2D eigenvalue weighted by atomic mass is 10.1. The molecule has 0 bridgehead atoms. The van der Waals surface area contributed by atoms with Crippen molar-refractivity contribution in [1.29, 1.82) is 0 Å². The maximum absolute atomic E-state index is 13.2. The highest BCUT2D eigenvalue weighted by atomic mass is 19.3. The molecule has 0 aliphatic carbocycles. The maximum atomic E-state index is 13.2. The number of amides is 1. The van der Waals surface area contributed by atoms with E-state index < -0.39 is 24.9 Å². The van der Waals surface area contributed by atoms with Gasteiger partial charge in [0.15, 0.2) is 5.82 Å². The van der Waals surface area contributed by atoms with Gasteiger partial charge >= 0.3 is 0 Å². The zero-order valence-corrected chi connectivity index (χ0v) is 14.0. The van der Waals surface area contributed by atoms with Crippen molar-refractivity contribution in [2.75, 3.05) is 32.7 Å². The molecule has 2 atom stereocenters. The third kappa shape index (κ3) is 3.56. The molecule has 2 aliphatic rings. The third-order valence-corrected chi connectivity index (χ3v) is 4.74. The summed E-state index contributed by atoms with van der Waals surface area (Å²) >= 11 is 0. The molecular formula is C15H23F2N5O2. The molecule has 2 unspecified atom stereocenters. The molecule has 0 saturated carbocycles. The standard InChI is InChI=1S/C15H23F2N5O2/c1-3-12-19-13(24-20-12)10(2)21-4-6-22(7-5-21)14(23)11-8-15(16,17)9-18-11/h10-11,18H,3-9H2,1-2H3. The third-order valence-electron chi connectivity index (χ3n) is 4.74. The Hall–Kier alpha value is -1.61. The number of aryl methyl sites for hydroxylation is 1. The zero-order chi connectivity index (χ0) is 17.3. The molecule has 1 aromatic rings. The van der Waals surface area contributed by atoms with Crippen LogP contribution in [0.2, 0.25) is 0 Å². The van der Waals surface area contributed by atoms with E-state index in [2.05, 4.69) is 20.4 Å². The fourth-order valence-electron chi connectivity index (χ4n) is 3.18. The van der Waals surface area contributed by atoms with Gasteiger partial charge in [-0.3, -0.25) is 15.0 Å². The smallest absolute Gasteiger partial charge is 0.262 e. The second-order valence-electron chi connectivity index (χ2n) is 6.43. The summed E-state index contributed by atoms with van der Waals surface area (Å²) in [5.41, 5.74) is 0. The largest absolute Gasteiger partial charge is 0.339 e. The second-order valence-corrected chi connectivity index (χ2v) is 6.43. The molecule has 9 heteroatoms. The Bertz CT molecular complexity index is 586. The van der Waals surface area contributed by atoms with Crippen molar-refractivity contribution in [3.8, 4) is 0 Å². The summed E-state index contributed by atoms with van der Waals surface area (Å²) in [6.45, 7) is 5.87. The number of hydrogen-bond donors (Lipinski definition) is 1. The minimum atomic E-state index is -2.79. The summed E-state index contributed by atoms with van der Waals surface area (Å²) in [7, 11) is 0. The molecule has 1 N–H and O–H groups in total. The molecule has 2 fully saturated rings. The van der Waals surface area contributed by atoms with Crippen LogP contribution in [0.1, 0.15) is 38.0 Å². The van der Waals surface area contributed by atoms with Crippen LogP contribution in [-0.2, 0) is 11.2 Å². The zero-order valence-electron chi connectivity index (χ0n) is 14.0. The Morgan fingerprint density at radius 2 is 2.12 bits per heavy atom. The summed E-state index contributed by atoms with van der Waals surface area (Å²) in [6, 6.07) is -0.795. The van der Waals surface area contributed by atoms with Crippen LogP contribution in [0.5, 0.6) is 0 Å². The number of aromatic nitrogens is 2. The van der Waals surface area contributed by atoms with Gasteiger partial charge in [-0.2, -0.15) is 4.98 Å². The number of rotatable bonds is 4. The van der Waals surface area contributed by atoms with E-state index in [-0.39, 0.29) is 11.9 Å². The predicted molar refractivity (Wildman–Crippen MR) is 81.6 cm³/mol. The number of carbonyl (C=O) groups is 1. The van der Waals surface area contributed by atoms with Crippen molar-refractivity contribution >= 4 is 5.91 Å². The van der Waals surface area contributed by atoms with Gasteiger partial charge in [-0.25, -0.2) is 8.78 Å². The molecule has 134 valence electrons. The average molecular weight is 343 g/mol. The minimum Gasteiger partial charge on any atom is -0.339 e. The van der Waals surface area contributed by atoms with Crippen molar-refractivity contribution in [1.82, 2.24) is 25.3 Å². The molecule has 24 heavy (non-hydrogen) atoms. The Morgan fingerprint density at radius 3 is 2.67 bits per heavy atom. The van der Waals surface area contributed by atoms with E-state index in [9.17, 15) is 13.6 Å². The number of carbonyl (C=O) groups excluding carboxylic acids is 1. The lowest BCUT2D eigenvalue weighted by molar-refractivity contribution is -0.135. The Morgan fingerprint density at radius 1 is 1.42 bits per heavy atom. The Balaban J connectivity index is 1.53. The van der Waals surface area contributed by atoms with Gasteiger partial charge in [-0.15, -0.1) is 0 Å². The Labute approximate surface area is 139 Å². The van der Waals surface area contributed by atoms with Crippen molar-refractivity contribution in [3.05, 3.63) is 11.7 Å². The quantitative estimate of drug-likeness (QED) is 0.873. The summed E-state index contributed by atoms with van der Waals surface area (Å²) in [5, 5.41) is 6.53. The van der Waals surface area contributed by atoms with Crippen LogP contribution in [0.3, 0.4) is 0 Å². The molecule has 0 spiro atoms. The van der Waals surface area contributed by atoms with Crippen molar-refractivity contribution < 1.29 is 18.1 Å². The monoisotopic (exact) mass is 343 g/mol.